The molecule has 7 aromatic rings. The Morgan fingerprint density at radius 3 is 2.09 bits per heavy atom. The molecular formula is C50H49N6O10PS. The largest absolute Gasteiger partial charge is 0.497 e. The van der Waals surface area contributed by atoms with Gasteiger partial charge in [0.05, 0.1) is 43.7 Å². The molecule has 2 N–H and O–H groups in total. The van der Waals surface area contributed by atoms with Crippen molar-refractivity contribution in [1.29, 1.82) is 0 Å². The minimum atomic E-state index is -3.69. The van der Waals surface area contributed by atoms with Gasteiger partial charge in [-0.1, -0.05) is 91.0 Å². The zero-order chi connectivity index (χ0) is 46.8. The third-order valence-corrected chi connectivity index (χ3v) is 16.3. The first kappa shape index (κ1) is 45.5. The fraction of sp³-hybridized carbons (Fsp3) is 0.280. The van der Waals surface area contributed by atoms with Crippen LogP contribution in [0.1, 0.15) is 52.5 Å². The predicted octanol–water partition coefficient (Wildman–Crippen LogP) is 7.63. The molecule has 3 saturated heterocycles. The minimum absolute atomic E-state index is 0.0446. The van der Waals surface area contributed by atoms with Crippen molar-refractivity contribution < 1.29 is 41.2 Å². The Morgan fingerprint density at radius 2 is 1.44 bits per heavy atom. The van der Waals surface area contributed by atoms with E-state index in [1.165, 1.54) is 10.9 Å². The van der Waals surface area contributed by atoms with Crippen LogP contribution in [-0.2, 0) is 34.0 Å². The van der Waals surface area contributed by atoms with Crippen molar-refractivity contribution in [1.82, 2.24) is 24.2 Å². The Balaban J connectivity index is 1.01. The normalized spacial score (nSPS) is 21.7. The highest BCUT2D eigenvalue weighted by Crippen LogP contribution is 2.58. The van der Waals surface area contributed by atoms with Crippen molar-refractivity contribution in [3.05, 3.63) is 179 Å². The van der Waals surface area contributed by atoms with Gasteiger partial charge in [-0.2, -0.15) is 0 Å². The summed E-state index contributed by atoms with van der Waals surface area (Å²) in [6.45, 7) is 0.621. The molecule has 2 aromatic heterocycles. The van der Waals surface area contributed by atoms with Gasteiger partial charge in [0.25, 0.3) is 14.4 Å². The average Bonchev–Trinajstić information content (AvgIpc) is 4.17. The van der Waals surface area contributed by atoms with Gasteiger partial charge in [-0.25, -0.2) is 32.4 Å². The number of benzene rings is 5. The third kappa shape index (κ3) is 8.82. The predicted molar refractivity (Wildman–Crippen MR) is 254 cm³/mol. The minimum Gasteiger partial charge on any atom is -0.497 e. The van der Waals surface area contributed by atoms with Crippen LogP contribution in [0, 0.1) is 0 Å². The summed E-state index contributed by atoms with van der Waals surface area (Å²) < 4.78 is 70.0. The second-order valence-corrected chi connectivity index (χ2v) is 20.2. The van der Waals surface area contributed by atoms with Gasteiger partial charge in [0.1, 0.15) is 41.3 Å². The van der Waals surface area contributed by atoms with Gasteiger partial charge in [0.2, 0.25) is 0 Å². The number of nitrogens with one attached hydrogen (secondary N) is 2. The Hall–Kier alpha value is -6.30. The van der Waals surface area contributed by atoms with E-state index in [2.05, 4.69) is 24.9 Å². The zero-order valence-corrected chi connectivity index (χ0v) is 38.9. The van der Waals surface area contributed by atoms with Crippen LogP contribution in [0.4, 0.5) is 5.82 Å². The van der Waals surface area contributed by atoms with E-state index in [0.29, 0.717) is 23.6 Å². The molecule has 350 valence electrons. The summed E-state index contributed by atoms with van der Waals surface area (Å²) in [7, 11) is -2.24. The molecule has 0 spiro atoms. The van der Waals surface area contributed by atoms with E-state index in [1.807, 2.05) is 84.9 Å². The smallest absolute Gasteiger partial charge is 0.329 e. The van der Waals surface area contributed by atoms with E-state index >= 15 is 0 Å². The van der Waals surface area contributed by atoms with Gasteiger partial charge in [-0.3, -0.25) is 4.79 Å². The van der Waals surface area contributed by atoms with E-state index < -0.39 is 60.1 Å². The van der Waals surface area contributed by atoms with Crippen molar-refractivity contribution in [3.63, 3.8) is 0 Å². The summed E-state index contributed by atoms with van der Waals surface area (Å²) in [5, 5.41) is 2.81. The van der Waals surface area contributed by atoms with Crippen molar-refractivity contribution in [2.75, 3.05) is 38.4 Å². The number of amides is 1. The lowest BCUT2D eigenvalue weighted by molar-refractivity contribution is -0.0911. The van der Waals surface area contributed by atoms with E-state index in [1.54, 1.807) is 68.8 Å². The van der Waals surface area contributed by atoms with Crippen LogP contribution in [-0.4, -0.2) is 96.0 Å². The standard InChI is InChI=1S/C50H49N6O10PS/c1-61-37-24-20-35(21-25-37)50(34-15-8-4-9-16-34,36-22-26-38(62-2)27-23-36)63-30-42-41(65-67-55-28-12-19-40(55)43(66-67)31-68(59,60)39-17-10-5-11-18-39)29-44(64-42)56-47-45(53-49(56)58)46(51-32-52-47)54-48(57)33-13-6-3-7-14-33/h3-11,13-18,20-27,32,40-44H,12,19,28-31H2,1-2H3,(H,53,58)(H,51,52,54,57)/t40-,41-,42+,43+,44+,67?/m0/s1. The maximum Gasteiger partial charge on any atom is 0.329 e. The molecule has 0 aliphatic carbocycles. The number of carbonyl (C=O) groups excluding carboxylic acids is 1. The number of ether oxygens (including phenoxy) is 4. The Kier molecular flexibility index (Phi) is 13.0. The second kappa shape index (κ2) is 19.4. The number of aromatic nitrogens is 4. The van der Waals surface area contributed by atoms with Gasteiger partial charge in [-0.15, -0.1) is 0 Å². The Labute approximate surface area is 394 Å². The molecule has 1 unspecified atom stereocenters. The monoisotopic (exact) mass is 956 g/mol. The molecule has 0 radical (unpaired) electrons. The first-order valence-electron chi connectivity index (χ1n) is 22.3. The van der Waals surface area contributed by atoms with E-state index in [4.69, 9.17) is 28.0 Å². The number of imidazole rings is 1. The fourth-order valence-electron chi connectivity index (χ4n) is 9.36. The molecule has 16 nitrogen and oxygen atoms in total. The lowest BCUT2D eigenvalue weighted by Gasteiger charge is -2.37. The molecule has 5 aromatic carbocycles. The number of hydrogen-bond acceptors (Lipinski definition) is 13. The summed E-state index contributed by atoms with van der Waals surface area (Å²) in [6.07, 6.45) is -0.0564. The molecule has 6 atom stereocenters. The van der Waals surface area contributed by atoms with Crippen molar-refractivity contribution >= 4 is 41.3 Å². The summed E-state index contributed by atoms with van der Waals surface area (Å²) in [5.74, 6) is 0.854. The molecule has 0 saturated carbocycles. The van der Waals surface area contributed by atoms with Gasteiger partial charge in [0, 0.05) is 24.6 Å². The molecule has 3 fully saturated rings. The topological polar surface area (TPSA) is 185 Å². The lowest BCUT2D eigenvalue weighted by Crippen LogP contribution is -2.38. The molecule has 1 amide bonds. The van der Waals surface area contributed by atoms with Crippen LogP contribution in [0.15, 0.2) is 156 Å². The number of nitrogens with zero attached hydrogens (tertiary/aromatic N) is 4. The number of H-pyrrole nitrogens is 1. The Bertz CT molecular complexity index is 2990. The maximum absolute atomic E-state index is 14.1. The fourth-order valence-corrected chi connectivity index (χ4v) is 12.9. The quantitative estimate of drug-likeness (QED) is 0.0712. The van der Waals surface area contributed by atoms with Crippen LogP contribution in [0.2, 0.25) is 0 Å². The Morgan fingerprint density at radius 1 is 0.824 bits per heavy atom. The lowest BCUT2D eigenvalue weighted by atomic mass is 9.80. The summed E-state index contributed by atoms with van der Waals surface area (Å²) in [6, 6.07) is 42.2. The zero-order valence-electron chi connectivity index (χ0n) is 37.2. The maximum atomic E-state index is 14.1. The highest BCUT2D eigenvalue weighted by atomic mass is 32.2. The van der Waals surface area contributed by atoms with Gasteiger partial charge in [0.15, 0.2) is 21.3 Å². The number of rotatable bonds is 16. The molecule has 3 aliphatic rings. The van der Waals surface area contributed by atoms with Gasteiger partial charge >= 0.3 is 5.69 Å². The number of fused-ring (bicyclic) bond motifs is 2. The van der Waals surface area contributed by atoms with Crippen LogP contribution < -0.4 is 20.5 Å². The van der Waals surface area contributed by atoms with Crippen LogP contribution in [0.25, 0.3) is 11.2 Å². The van der Waals surface area contributed by atoms with Crippen LogP contribution >= 0.6 is 8.53 Å². The highest BCUT2D eigenvalue weighted by molar-refractivity contribution is 7.91. The average molecular weight is 957 g/mol. The molecule has 10 rings (SSSR count). The number of aromatic amines is 1. The number of anilines is 1. The number of hydrogen-bond donors (Lipinski definition) is 2. The summed E-state index contributed by atoms with van der Waals surface area (Å²) in [4.78, 5) is 39.2. The first-order chi connectivity index (χ1) is 33.1. The highest BCUT2D eigenvalue weighted by Gasteiger charge is 2.51. The van der Waals surface area contributed by atoms with Gasteiger partial charge < -0.3 is 38.3 Å². The number of carbonyl (C=O) groups is 1. The third-order valence-electron chi connectivity index (χ3n) is 12.7. The van der Waals surface area contributed by atoms with Crippen molar-refractivity contribution in [3.8, 4) is 11.5 Å². The summed E-state index contributed by atoms with van der Waals surface area (Å²) >= 11 is 0. The molecular weight excluding hydrogens is 908 g/mol. The SMILES string of the molecule is COc1ccc(C(OC[C@H]2O[C@@H](n3c(=O)[nH]c4c(NC(=O)c5ccccc5)ncnc43)C[C@@H]2OP2O[C@H](CS(=O)(=O)c3ccccc3)[C@@H]3CCCN32)(c2ccccc2)c2ccc(OC)cc2)cc1. The van der Waals surface area contributed by atoms with E-state index in [0.717, 1.165) is 29.5 Å². The number of sulfone groups is 1. The first-order valence-corrected chi connectivity index (χ1v) is 25.1. The van der Waals surface area contributed by atoms with Crippen LogP contribution in [0.5, 0.6) is 11.5 Å². The van der Waals surface area contributed by atoms with E-state index in [9.17, 15) is 18.0 Å². The second-order valence-electron chi connectivity index (χ2n) is 16.7. The van der Waals surface area contributed by atoms with E-state index in [-0.39, 0.29) is 46.7 Å². The van der Waals surface area contributed by atoms with Crippen molar-refractivity contribution in [2.45, 2.75) is 60.3 Å². The summed E-state index contributed by atoms with van der Waals surface area (Å²) in [5.41, 5.74) is 1.54. The van der Waals surface area contributed by atoms with Gasteiger partial charge in [-0.05, 0) is 78.1 Å². The molecule has 5 heterocycles. The molecule has 18 heteroatoms. The molecule has 68 heavy (non-hydrogen) atoms. The number of methoxy groups -OCH3 is 2. The molecule has 0 bridgehead atoms. The molecule has 3 aliphatic heterocycles. The van der Waals surface area contributed by atoms with Crippen molar-refractivity contribution in [2.24, 2.45) is 0 Å². The van der Waals surface area contributed by atoms with Crippen LogP contribution in [0.3, 0.4) is 0 Å².